The van der Waals surface area contributed by atoms with Gasteiger partial charge in [0.2, 0.25) is 0 Å². The zero-order valence-corrected chi connectivity index (χ0v) is 9.33. The van der Waals surface area contributed by atoms with E-state index in [1.54, 1.807) is 0 Å². The number of hydrogen-bond acceptors (Lipinski definition) is 1. The molecule has 0 saturated heterocycles. The van der Waals surface area contributed by atoms with E-state index in [0.717, 1.165) is 6.42 Å². The zero-order chi connectivity index (χ0) is 10.1. The van der Waals surface area contributed by atoms with Gasteiger partial charge in [-0.25, -0.2) is 0 Å². The Morgan fingerprint density at radius 1 is 1.46 bits per heavy atom. The van der Waals surface area contributed by atoms with E-state index in [4.69, 9.17) is 0 Å². The third-order valence-electron chi connectivity index (χ3n) is 3.05. The standard InChI is InChI=1S/C11H20N2/c1-6-10-7-12-13(8-10)11(4,5)9(2)3/h7-9H,6H2,1-5H3. The van der Waals surface area contributed by atoms with Gasteiger partial charge in [-0.05, 0) is 31.7 Å². The van der Waals surface area contributed by atoms with Crippen molar-refractivity contribution in [1.82, 2.24) is 9.78 Å². The van der Waals surface area contributed by atoms with Crippen molar-refractivity contribution in [2.75, 3.05) is 0 Å². The molecule has 0 bridgehead atoms. The molecule has 74 valence electrons. The summed E-state index contributed by atoms with van der Waals surface area (Å²) in [4.78, 5) is 0. The molecule has 0 aromatic carbocycles. The first-order valence-electron chi connectivity index (χ1n) is 5.02. The van der Waals surface area contributed by atoms with Gasteiger partial charge in [-0.3, -0.25) is 4.68 Å². The number of aromatic nitrogens is 2. The predicted molar refractivity (Wildman–Crippen MR) is 55.8 cm³/mol. The molecule has 0 saturated carbocycles. The lowest BCUT2D eigenvalue weighted by molar-refractivity contribution is 0.225. The molecule has 0 aliphatic rings. The largest absolute Gasteiger partial charge is 0.267 e. The molecule has 0 radical (unpaired) electrons. The SMILES string of the molecule is CCc1cnn(C(C)(C)C(C)C)c1. The fourth-order valence-corrected chi connectivity index (χ4v) is 1.12. The van der Waals surface area contributed by atoms with Crippen molar-refractivity contribution in [2.24, 2.45) is 5.92 Å². The molecule has 2 heteroatoms. The summed E-state index contributed by atoms with van der Waals surface area (Å²) in [5.74, 6) is 0.595. The van der Waals surface area contributed by atoms with Gasteiger partial charge in [0.1, 0.15) is 0 Å². The van der Waals surface area contributed by atoms with E-state index in [-0.39, 0.29) is 5.54 Å². The average Bonchev–Trinajstić information content (AvgIpc) is 2.51. The molecule has 2 nitrogen and oxygen atoms in total. The first kappa shape index (κ1) is 10.3. The summed E-state index contributed by atoms with van der Waals surface area (Å²) in [6.45, 7) is 11.1. The van der Waals surface area contributed by atoms with Gasteiger partial charge in [-0.15, -0.1) is 0 Å². The molecule has 0 amide bonds. The Hall–Kier alpha value is -0.790. The Kier molecular flexibility index (Phi) is 2.79. The van der Waals surface area contributed by atoms with Crippen molar-refractivity contribution in [2.45, 2.75) is 46.6 Å². The first-order chi connectivity index (χ1) is 5.98. The van der Waals surface area contributed by atoms with Crippen LogP contribution < -0.4 is 0 Å². The highest BCUT2D eigenvalue weighted by molar-refractivity contribution is 5.05. The smallest absolute Gasteiger partial charge is 0.0594 e. The number of aryl methyl sites for hydroxylation is 1. The van der Waals surface area contributed by atoms with E-state index in [0.29, 0.717) is 5.92 Å². The van der Waals surface area contributed by atoms with Gasteiger partial charge >= 0.3 is 0 Å². The molecule has 0 spiro atoms. The van der Waals surface area contributed by atoms with Gasteiger partial charge in [-0.1, -0.05) is 20.8 Å². The topological polar surface area (TPSA) is 17.8 Å². The lowest BCUT2D eigenvalue weighted by atomic mass is 9.91. The van der Waals surface area contributed by atoms with E-state index in [2.05, 4.69) is 50.6 Å². The van der Waals surface area contributed by atoms with E-state index in [1.807, 2.05) is 6.20 Å². The molecule has 0 unspecified atom stereocenters. The third kappa shape index (κ3) is 1.93. The minimum absolute atomic E-state index is 0.118. The van der Waals surface area contributed by atoms with Crippen LogP contribution in [0.2, 0.25) is 0 Å². The summed E-state index contributed by atoms with van der Waals surface area (Å²) < 4.78 is 2.08. The highest BCUT2D eigenvalue weighted by atomic mass is 15.3. The highest BCUT2D eigenvalue weighted by Crippen LogP contribution is 2.24. The maximum absolute atomic E-state index is 4.40. The second-order valence-electron chi connectivity index (χ2n) is 4.46. The molecule has 13 heavy (non-hydrogen) atoms. The molecular weight excluding hydrogens is 160 g/mol. The van der Waals surface area contributed by atoms with Gasteiger partial charge in [0.15, 0.2) is 0 Å². The van der Waals surface area contributed by atoms with Crippen LogP contribution in [0.3, 0.4) is 0 Å². The minimum atomic E-state index is 0.118. The van der Waals surface area contributed by atoms with Gasteiger partial charge < -0.3 is 0 Å². The number of rotatable bonds is 3. The van der Waals surface area contributed by atoms with Crippen LogP contribution in [0.25, 0.3) is 0 Å². The van der Waals surface area contributed by atoms with E-state index < -0.39 is 0 Å². The lowest BCUT2D eigenvalue weighted by Crippen LogP contribution is -2.32. The molecule has 1 aromatic rings. The number of hydrogen-bond donors (Lipinski definition) is 0. The van der Waals surface area contributed by atoms with Crippen LogP contribution >= 0.6 is 0 Å². The molecule has 0 N–H and O–H groups in total. The van der Waals surface area contributed by atoms with Crippen LogP contribution in [-0.4, -0.2) is 9.78 Å². The van der Waals surface area contributed by atoms with Gasteiger partial charge in [-0.2, -0.15) is 5.10 Å². The number of nitrogens with zero attached hydrogens (tertiary/aromatic N) is 2. The van der Waals surface area contributed by atoms with E-state index >= 15 is 0 Å². The molecular formula is C11H20N2. The van der Waals surface area contributed by atoms with E-state index in [9.17, 15) is 0 Å². The third-order valence-corrected chi connectivity index (χ3v) is 3.05. The van der Waals surface area contributed by atoms with Crippen molar-refractivity contribution in [1.29, 1.82) is 0 Å². The van der Waals surface area contributed by atoms with Crippen molar-refractivity contribution >= 4 is 0 Å². The summed E-state index contributed by atoms with van der Waals surface area (Å²) in [5.41, 5.74) is 1.43. The normalized spacial score (nSPS) is 12.5. The van der Waals surface area contributed by atoms with Crippen LogP contribution in [0.4, 0.5) is 0 Å². The summed E-state index contributed by atoms with van der Waals surface area (Å²) in [6.07, 6.45) is 5.18. The Morgan fingerprint density at radius 3 is 2.46 bits per heavy atom. The van der Waals surface area contributed by atoms with E-state index in [1.165, 1.54) is 5.56 Å². The van der Waals surface area contributed by atoms with Gasteiger partial charge in [0, 0.05) is 6.20 Å². The van der Waals surface area contributed by atoms with Crippen LogP contribution in [0.5, 0.6) is 0 Å². The zero-order valence-electron chi connectivity index (χ0n) is 9.33. The minimum Gasteiger partial charge on any atom is -0.267 e. The Bertz CT molecular complexity index is 271. The molecule has 0 atom stereocenters. The fourth-order valence-electron chi connectivity index (χ4n) is 1.12. The maximum atomic E-state index is 4.40. The molecule has 0 aliphatic heterocycles. The quantitative estimate of drug-likeness (QED) is 0.699. The summed E-state index contributed by atoms with van der Waals surface area (Å²) in [5, 5.41) is 4.40. The van der Waals surface area contributed by atoms with Crippen molar-refractivity contribution in [3.8, 4) is 0 Å². The summed E-state index contributed by atoms with van der Waals surface area (Å²) in [7, 11) is 0. The molecule has 1 rings (SSSR count). The summed E-state index contributed by atoms with van der Waals surface area (Å²) in [6, 6.07) is 0. The molecule has 1 heterocycles. The van der Waals surface area contributed by atoms with Crippen LogP contribution in [0.1, 0.15) is 40.2 Å². The highest BCUT2D eigenvalue weighted by Gasteiger charge is 2.24. The van der Waals surface area contributed by atoms with Gasteiger partial charge in [0.05, 0.1) is 11.7 Å². The predicted octanol–water partition coefficient (Wildman–Crippen LogP) is 2.84. The van der Waals surface area contributed by atoms with Crippen LogP contribution in [0.15, 0.2) is 12.4 Å². The molecule has 0 fully saturated rings. The maximum Gasteiger partial charge on any atom is 0.0594 e. The van der Waals surface area contributed by atoms with Gasteiger partial charge in [0.25, 0.3) is 0 Å². The average molecular weight is 180 g/mol. The Labute approximate surface area is 81.0 Å². The van der Waals surface area contributed by atoms with Crippen molar-refractivity contribution in [3.05, 3.63) is 18.0 Å². The van der Waals surface area contributed by atoms with Crippen molar-refractivity contribution in [3.63, 3.8) is 0 Å². The first-order valence-corrected chi connectivity index (χ1v) is 5.02. The Balaban J connectivity index is 2.93. The monoisotopic (exact) mass is 180 g/mol. The molecule has 1 aromatic heterocycles. The van der Waals surface area contributed by atoms with Crippen molar-refractivity contribution < 1.29 is 0 Å². The van der Waals surface area contributed by atoms with Crippen LogP contribution in [-0.2, 0) is 12.0 Å². The van der Waals surface area contributed by atoms with Crippen LogP contribution in [0, 0.1) is 5.92 Å². The lowest BCUT2D eigenvalue weighted by Gasteiger charge is -2.29. The molecule has 0 aliphatic carbocycles. The second kappa shape index (κ2) is 3.52. The summed E-state index contributed by atoms with van der Waals surface area (Å²) >= 11 is 0. The second-order valence-corrected chi connectivity index (χ2v) is 4.46. The Morgan fingerprint density at radius 2 is 2.08 bits per heavy atom. The fraction of sp³-hybridized carbons (Fsp3) is 0.727.